The SMILES string of the molecule is O=C1CC(CO)CN1c1cccc(Cl)c1O. The topological polar surface area (TPSA) is 60.8 Å². The number of carbonyl (C=O) groups is 1. The summed E-state index contributed by atoms with van der Waals surface area (Å²) in [5, 5.41) is 19.0. The largest absolute Gasteiger partial charge is 0.504 e. The Kier molecular flexibility index (Phi) is 3.03. The zero-order chi connectivity index (χ0) is 11.7. The second kappa shape index (κ2) is 4.31. The van der Waals surface area contributed by atoms with Gasteiger partial charge in [-0.1, -0.05) is 17.7 Å². The lowest BCUT2D eigenvalue weighted by molar-refractivity contribution is -0.117. The van der Waals surface area contributed by atoms with Crippen molar-refractivity contribution < 1.29 is 15.0 Å². The van der Waals surface area contributed by atoms with Crippen LogP contribution in [0.2, 0.25) is 5.02 Å². The lowest BCUT2D eigenvalue weighted by atomic mass is 10.1. The number of aliphatic hydroxyl groups is 1. The molecule has 1 heterocycles. The second-order valence-corrected chi connectivity index (χ2v) is 4.27. The van der Waals surface area contributed by atoms with Crippen molar-refractivity contribution in [3.05, 3.63) is 23.2 Å². The lowest BCUT2D eigenvalue weighted by Gasteiger charge is -2.18. The van der Waals surface area contributed by atoms with Crippen LogP contribution in [0.1, 0.15) is 6.42 Å². The molecule has 0 saturated carbocycles. The van der Waals surface area contributed by atoms with Crippen molar-refractivity contribution in [2.45, 2.75) is 6.42 Å². The maximum atomic E-state index is 11.7. The molecule has 1 atom stereocenters. The number of aliphatic hydroxyl groups excluding tert-OH is 1. The number of aromatic hydroxyl groups is 1. The molecule has 0 aromatic heterocycles. The van der Waals surface area contributed by atoms with Gasteiger partial charge in [-0.3, -0.25) is 4.79 Å². The van der Waals surface area contributed by atoms with Gasteiger partial charge in [-0.15, -0.1) is 0 Å². The summed E-state index contributed by atoms with van der Waals surface area (Å²) >= 11 is 5.77. The number of para-hydroxylation sites is 1. The first-order valence-electron chi connectivity index (χ1n) is 5.02. The van der Waals surface area contributed by atoms with E-state index in [0.29, 0.717) is 18.7 Å². The molecule has 1 aliphatic heterocycles. The molecule has 1 amide bonds. The van der Waals surface area contributed by atoms with E-state index in [2.05, 4.69) is 0 Å². The van der Waals surface area contributed by atoms with E-state index in [1.165, 1.54) is 4.90 Å². The van der Waals surface area contributed by atoms with Crippen molar-refractivity contribution in [2.24, 2.45) is 5.92 Å². The number of amides is 1. The predicted octanol–water partition coefficient (Wildman–Crippen LogP) is 1.39. The Labute approximate surface area is 98.1 Å². The minimum absolute atomic E-state index is 0.0242. The summed E-state index contributed by atoms with van der Waals surface area (Å²) in [5.74, 6) is -0.251. The van der Waals surface area contributed by atoms with Crippen molar-refractivity contribution in [3.63, 3.8) is 0 Å². The van der Waals surface area contributed by atoms with Crippen LogP contribution < -0.4 is 4.90 Å². The van der Waals surface area contributed by atoms with Gasteiger partial charge in [-0.05, 0) is 12.1 Å². The molecule has 1 aliphatic rings. The van der Waals surface area contributed by atoms with Crippen molar-refractivity contribution in [1.29, 1.82) is 0 Å². The third kappa shape index (κ3) is 1.86. The predicted molar refractivity (Wildman–Crippen MR) is 60.7 cm³/mol. The van der Waals surface area contributed by atoms with Gasteiger partial charge in [0.25, 0.3) is 0 Å². The van der Waals surface area contributed by atoms with Gasteiger partial charge in [0.2, 0.25) is 5.91 Å². The van der Waals surface area contributed by atoms with E-state index in [9.17, 15) is 9.90 Å². The Hall–Kier alpha value is -1.26. The third-order valence-electron chi connectivity index (χ3n) is 2.72. The summed E-state index contributed by atoms with van der Waals surface area (Å²) in [4.78, 5) is 13.1. The number of nitrogens with zero attached hydrogens (tertiary/aromatic N) is 1. The molecular weight excluding hydrogens is 230 g/mol. The van der Waals surface area contributed by atoms with Crippen molar-refractivity contribution in [1.82, 2.24) is 0 Å². The van der Waals surface area contributed by atoms with Crippen LogP contribution in [-0.2, 0) is 4.79 Å². The minimum atomic E-state index is -0.100. The first-order chi connectivity index (χ1) is 7.63. The average Bonchev–Trinajstić information content (AvgIpc) is 2.64. The van der Waals surface area contributed by atoms with E-state index < -0.39 is 0 Å². The Morgan fingerprint density at radius 3 is 2.88 bits per heavy atom. The summed E-state index contributed by atoms with van der Waals surface area (Å²) in [7, 11) is 0. The fourth-order valence-electron chi connectivity index (χ4n) is 1.86. The molecule has 2 rings (SSSR count). The van der Waals surface area contributed by atoms with Gasteiger partial charge in [-0.25, -0.2) is 0 Å². The number of carbonyl (C=O) groups excluding carboxylic acids is 1. The number of anilines is 1. The van der Waals surface area contributed by atoms with Gasteiger partial charge in [-0.2, -0.15) is 0 Å². The molecule has 16 heavy (non-hydrogen) atoms. The summed E-state index contributed by atoms with van der Waals surface area (Å²) in [6.07, 6.45) is 0.308. The van der Waals surface area contributed by atoms with Gasteiger partial charge in [0.05, 0.1) is 10.7 Å². The van der Waals surface area contributed by atoms with Crippen LogP contribution in [-0.4, -0.2) is 29.3 Å². The molecule has 5 heteroatoms. The molecule has 1 fully saturated rings. The summed E-state index contributed by atoms with van der Waals surface area (Å²) in [5.41, 5.74) is 0.411. The summed E-state index contributed by atoms with van der Waals surface area (Å²) < 4.78 is 0. The van der Waals surface area contributed by atoms with Gasteiger partial charge in [0.15, 0.2) is 5.75 Å². The number of hydrogen-bond acceptors (Lipinski definition) is 3. The Bertz CT molecular complexity index is 422. The molecule has 86 valence electrons. The summed E-state index contributed by atoms with van der Waals surface area (Å²) in [6, 6.07) is 4.88. The molecule has 0 radical (unpaired) electrons. The first kappa shape index (κ1) is 11.2. The third-order valence-corrected chi connectivity index (χ3v) is 3.02. The lowest BCUT2D eigenvalue weighted by Crippen LogP contribution is -2.24. The van der Waals surface area contributed by atoms with E-state index in [1.807, 2.05) is 0 Å². The first-order valence-corrected chi connectivity index (χ1v) is 5.40. The smallest absolute Gasteiger partial charge is 0.227 e. The van der Waals surface area contributed by atoms with E-state index in [-0.39, 0.29) is 29.2 Å². The number of halogens is 1. The monoisotopic (exact) mass is 241 g/mol. The Morgan fingerprint density at radius 1 is 1.50 bits per heavy atom. The molecule has 0 aliphatic carbocycles. The van der Waals surface area contributed by atoms with E-state index >= 15 is 0 Å². The Morgan fingerprint density at radius 2 is 2.25 bits per heavy atom. The molecule has 1 unspecified atom stereocenters. The average molecular weight is 242 g/mol. The van der Waals surface area contributed by atoms with Crippen molar-refractivity contribution in [3.8, 4) is 5.75 Å². The van der Waals surface area contributed by atoms with Crippen LogP contribution >= 0.6 is 11.6 Å². The second-order valence-electron chi connectivity index (χ2n) is 3.86. The van der Waals surface area contributed by atoms with Gasteiger partial charge in [0, 0.05) is 25.5 Å². The van der Waals surface area contributed by atoms with E-state index in [1.54, 1.807) is 18.2 Å². The molecule has 0 bridgehead atoms. The standard InChI is InChI=1S/C11H12ClNO3/c12-8-2-1-3-9(11(8)16)13-5-7(6-14)4-10(13)15/h1-3,7,14,16H,4-6H2. The quantitative estimate of drug-likeness (QED) is 0.823. The Balaban J connectivity index is 2.31. The zero-order valence-corrected chi connectivity index (χ0v) is 9.31. The number of phenolic OH excluding ortho intramolecular Hbond substituents is 1. The van der Waals surface area contributed by atoms with Crippen molar-refractivity contribution >= 4 is 23.2 Å². The van der Waals surface area contributed by atoms with Crippen LogP contribution in [0.25, 0.3) is 0 Å². The maximum Gasteiger partial charge on any atom is 0.227 e. The maximum absolute atomic E-state index is 11.7. The number of hydrogen-bond donors (Lipinski definition) is 2. The van der Waals surface area contributed by atoms with Crippen LogP contribution in [0.15, 0.2) is 18.2 Å². The highest BCUT2D eigenvalue weighted by atomic mass is 35.5. The van der Waals surface area contributed by atoms with E-state index in [4.69, 9.17) is 16.7 Å². The fourth-order valence-corrected chi connectivity index (χ4v) is 2.03. The van der Waals surface area contributed by atoms with E-state index in [0.717, 1.165) is 0 Å². The van der Waals surface area contributed by atoms with Gasteiger partial charge < -0.3 is 15.1 Å². The molecule has 1 aromatic carbocycles. The summed E-state index contributed by atoms with van der Waals surface area (Å²) in [6.45, 7) is 0.396. The molecule has 1 aromatic rings. The normalized spacial score (nSPS) is 20.5. The minimum Gasteiger partial charge on any atom is -0.504 e. The van der Waals surface area contributed by atoms with Gasteiger partial charge in [0.1, 0.15) is 0 Å². The number of rotatable bonds is 2. The van der Waals surface area contributed by atoms with Crippen molar-refractivity contribution in [2.75, 3.05) is 18.1 Å². The van der Waals surface area contributed by atoms with Crippen LogP contribution in [0.4, 0.5) is 5.69 Å². The fraction of sp³-hybridized carbons (Fsp3) is 0.364. The highest BCUT2D eigenvalue weighted by Crippen LogP contribution is 2.36. The highest BCUT2D eigenvalue weighted by molar-refractivity contribution is 6.32. The molecule has 2 N–H and O–H groups in total. The van der Waals surface area contributed by atoms with Crippen LogP contribution in [0.3, 0.4) is 0 Å². The molecule has 1 saturated heterocycles. The van der Waals surface area contributed by atoms with Crippen LogP contribution in [0.5, 0.6) is 5.75 Å². The molecule has 4 nitrogen and oxygen atoms in total. The number of benzene rings is 1. The zero-order valence-electron chi connectivity index (χ0n) is 8.56. The number of phenols is 1. The van der Waals surface area contributed by atoms with Crippen LogP contribution in [0, 0.1) is 5.92 Å². The molecular formula is C11H12ClNO3. The molecule has 0 spiro atoms. The highest BCUT2D eigenvalue weighted by Gasteiger charge is 2.31. The van der Waals surface area contributed by atoms with Gasteiger partial charge >= 0.3 is 0 Å².